The van der Waals surface area contributed by atoms with E-state index in [1.165, 1.54) is 4.90 Å². The van der Waals surface area contributed by atoms with Gasteiger partial charge in [-0.3, -0.25) is 9.59 Å². The SMILES string of the molecule is CCNCC(=O)N(C)C1COCC1C(=O)O. The summed E-state index contributed by atoms with van der Waals surface area (Å²) in [5, 5.41) is 11.9. The van der Waals surface area contributed by atoms with E-state index < -0.39 is 11.9 Å². The second kappa shape index (κ2) is 5.81. The largest absolute Gasteiger partial charge is 0.481 e. The number of carboxylic acids is 1. The Labute approximate surface area is 94.6 Å². The fourth-order valence-corrected chi connectivity index (χ4v) is 1.70. The highest BCUT2D eigenvalue weighted by Crippen LogP contribution is 2.18. The number of nitrogens with one attached hydrogen (secondary N) is 1. The van der Waals surface area contributed by atoms with Gasteiger partial charge >= 0.3 is 5.97 Å². The van der Waals surface area contributed by atoms with Crippen LogP contribution >= 0.6 is 0 Å². The van der Waals surface area contributed by atoms with Crippen LogP contribution in [0.3, 0.4) is 0 Å². The molecule has 1 aliphatic rings. The van der Waals surface area contributed by atoms with Crippen LogP contribution in [0, 0.1) is 5.92 Å². The zero-order valence-electron chi connectivity index (χ0n) is 9.60. The lowest BCUT2D eigenvalue weighted by atomic mass is 10.0. The van der Waals surface area contributed by atoms with Crippen LogP contribution in [0.4, 0.5) is 0 Å². The van der Waals surface area contributed by atoms with E-state index in [1.54, 1.807) is 7.05 Å². The molecular weight excluding hydrogens is 212 g/mol. The Balaban J connectivity index is 2.55. The van der Waals surface area contributed by atoms with E-state index in [9.17, 15) is 9.59 Å². The van der Waals surface area contributed by atoms with E-state index in [0.717, 1.165) is 0 Å². The minimum Gasteiger partial charge on any atom is -0.481 e. The van der Waals surface area contributed by atoms with Crippen LogP contribution in [0.1, 0.15) is 6.92 Å². The number of ether oxygens (including phenoxy) is 1. The van der Waals surface area contributed by atoms with Crippen molar-refractivity contribution in [1.82, 2.24) is 10.2 Å². The van der Waals surface area contributed by atoms with Gasteiger partial charge < -0.3 is 20.1 Å². The summed E-state index contributed by atoms with van der Waals surface area (Å²) in [6.45, 7) is 3.33. The van der Waals surface area contributed by atoms with Gasteiger partial charge in [-0.2, -0.15) is 0 Å². The van der Waals surface area contributed by atoms with E-state index in [0.29, 0.717) is 13.2 Å². The van der Waals surface area contributed by atoms with Gasteiger partial charge in [0.1, 0.15) is 5.92 Å². The molecule has 2 unspecified atom stereocenters. The predicted molar refractivity (Wildman–Crippen MR) is 57.0 cm³/mol. The highest BCUT2D eigenvalue weighted by molar-refractivity contribution is 5.80. The molecular formula is C10H18N2O4. The van der Waals surface area contributed by atoms with Crippen LogP contribution in [-0.4, -0.2) is 61.3 Å². The Kier molecular flexibility index (Phi) is 4.70. The summed E-state index contributed by atoms with van der Waals surface area (Å²) >= 11 is 0. The molecule has 0 spiro atoms. The number of amides is 1. The quantitative estimate of drug-likeness (QED) is 0.643. The molecule has 6 heteroatoms. The summed E-state index contributed by atoms with van der Waals surface area (Å²) in [6, 6.07) is -0.358. The normalized spacial score (nSPS) is 24.4. The number of carbonyl (C=O) groups excluding carboxylic acids is 1. The van der Waals surface area contributed by atoms with Crippen molar-refractivity contribution in [2.24, 2.45) is 5.92 Å². The van der Waals surface area contributed by atoms with Crippen LogP contribution in [-0.2, 0) is 14.3 Å². The fourth-order valence-electron chi connectivity index (χ4n) is 1.70. The minimum absolute atomic E-state index is 0.108. The van der Waals surface area contributed by atoms with Crippen LogP contribution in [0.5, 0.6) is 0 Å². The molecule has 2 N–H and O–H groups in total. The summed E-state index contributed by atoms with van der Waals surface area (Å²) < 4.78 is 5.11. The lowest BCUT2D eigenvalue weighted by molar-refractivity contribution is -0.144. The molecule has 16 heavy (non-hydrogen) atoms. The molecule has 2 atom stereocenters. The third-order valence-electron chi connectivity index (χ3n) is 2.78. The molecule has 0 bridgehead atoms. The summed E-state index contributed by atoms with van der Waals surface area (Å²) in [4.78, 5) is 24.1. The molecule has 1 saturated heterocycles. The molecule has 1 heterocycles. The molecule has 1 fully saturated rings. The highest BCUT2D eigenvalue weighted by atomic mass is 16.5. The molecule has 0 aromatic carbocycles. The summed E-state index contributed by atoms with van der Waals surface area (Å²) in [5.41, 5.74) is 0. The topological polar surface area (TPSA) is 78.9 Å². The van der Waals surface area contributed by atoms with Crippen molar-refractivity contribution < 1.29 is 19.4 Å². The Morgan fingerprint density at radius 2 is 2.19 bits per heavy atom. The number of carboxylic acid groups (broad SMARTS) is 1. The van der Waals surface area contributed by atoms with E-state index in [4.69, 9.17) is 9.84 Å². The molecule has 0 aromatic heterocycles. The summed E-state index contributed by atoms with van der Waals surface area (Å²) in [7, 11) is 1.62. The van der Waals surface area contributed by atoms with E-state index >= 15 is 0 Å². The Morgan fingerprint density at radius 3 is 2.75 bits per heavy atom. The Hall–Kier alpha value is -1.14. The average molecular weight is 230 g/mol. The first-order valence-electron chi connectivity index (χ1n) is 5.34. The lowest BCUT2D eigenvalue weighted by Gasteiger charge is -2.26. The van der Waals surface area contributed by atoms with Crippen molar-refractivity contribution in [3.63, 3.8) is 0 Å². The van der Waals surface area contributed by atoms with Gasteiger partial charge in [-0.05, 0) is 6.54 Å². The van der Waals surface area contributed by atoms with Crippen molar-refractivity contribution in [1.29, 1.82) is 0 Å². The number of rotatable bonds is 5. The first-order chi connectivity index (χ1) is 7.57. The minimum atomic E-state index is -0.911. The van der Waals surface area contributed by atoms with Crippen molar-refractivity contribution in [2.75, 3.05) is 33.4 Å². The zero-order chi connectivity index (χ0) is 12.1. The van der Waals surface area contributed by atoms with Crippen molar-refractivity contribution >= 4 is 11.9 Å². The summed E-state index contributed by atoms with van der Waals surface area (Å²) in [6.07, 6.45) is 0. The molecule has 1 amide bonds. The standard InChI is InChI=1S/C10H18N2O4/c1-3-11-4-9(13)12(2)8-6-16-5-7(8)10(14)15/h7-8,11H,3-6H2,1-2H3,(H,14,15). The van der Waals surface area contributed by atoms with Gasteiger partial charge in [0.05, 0.1) is 25.8 Å². The second-order valence-electron chi connectivity index (χ2n) is 3.83. The Bertz CT molecular complexity index is 270. The molecule has 0 aromatic rings. The number of hydrogen-bond donors (Lipinski definition) is 2. The molecule has 92 valence electrons. The first-order valence-corrected chi connectivity index (χ1v) is 5.34. The average Bonchev–Trinajstić information content (AvgIpc) is 2.73. The van der Waals surface area contributed by atoms with Crippen LogP contribution < -0.4 is 5.32 Å². The van der Waals surface area contributed by atoms with Crippen LogP contribution in [0.2, 0.25) is 0 Å². The number of likely N-dealkylation sites (N-methyl/N-ethyl adjacent to an activating group) is 2. The van der Waals surface area contributed by atoms with Gasteiger partial charge in [-0.1, -0.05) is 6.92 Å². The van der Waals surface area contributed by atoms with E-state index in [1.807, 2.05) is 6.92 Å². The fraction of sp³-hybridized carbons (Fsp3) is 0.800. The predicted octanol–water partition coefficient (Wildman–Crippen LogP) is -0.846. The van der Waals surface area contributed by atoms with Gasteiger partial charge in [0, 0.05) is 7.05 Å². The van der Waals surface area contributed by atoms with E-state index in [2.05, 4.69) is 5.32 Å². The van der Waals surface area contributed by atoms with Crippen LogP contribution in [0.15, 0.2) is 0 Å². The smallest absolute Gasteiger partial charge is 0.311 e. The maximum absolute atomic E-state index is 11.7. The van der Waals surface area contributed by atoms with Gasteiger partial charge in [-0.15, -0.1) is 0 Å². The maximum Gasteiger partial charge on any atom is 0.311 e. The van der Waals surface area contributed by atoms with Crippen molar-refractivity contribution in [3.8, 4) is 0 Å². The number of nitrogens with zero attached hydrogens (tertiary/aromatic N) is 1. The molecule has 1 aliphatic heterocycles. The highest BCUT2D eigenvalue weighted by Gasteiger charge is 2.38. The third kappa shape index (κ3) is 2.93. The molecule has 0 aliphatic carbocycles. The number of hydrogen-bond acceptors (Lipinski definition) is 4. The second-order valence-corrected chi connectivity index (χ2v) is 3.83. The lowest BCUT2D eigenvalue weighted by Crippen LogP contribution is -2.47. The number of aliphatic carboxylic acids is 1. The maximum atomic E-state index is 11.7. The van der Waals surface area contributed by atoms with Gasteiger partial charge in [0.2, 0.25) is 5.91 Å². The monoisotopic (exact) mass is 230 g/mol. The zero-order valence-corrected chi connectivity index (χ0v) is 9.60. The van der Waals surface area contributed by atoms with Gasteiger partial charge in [-0.25, -0.2) is 0 Å². The molecule has 1 rings (SSSR count). The Morgan fingerprint density at radius 1 is 1.50 bits per heavy atom. The molecule has 0 radical (unpaired) electrons. The van der Waals surface area contributed by atoms with Crippen molar-refractivity contribution in [3.05, 3.63) is 0 Å². The molecule has 6 nitrogen and oxygen atoms in total. The van der Waals surface area contributed by atoms with Crippen LogP contribution in [0.25, 0.3) is 0 Å². The first kappa shape index (κ1) is 12.9. The molecule has 0 saturated carbocycles. The van der Waals surface area contributed by atoms with Crippen molar-refractivity contribution in [2.45, 2.75) is 13.0 Å². The summed E-state index contributed by atoms with van der Waals surface area (Å²) in [5.74, 6) is -1.63. The van der Waals surface area contributed by atoms with E-state index in [-0.39, 0.29) is 25.1 Å². The van der Waals surface area contributed by atoms with Gasteiger partial charge in [0.15, 0.2) is 0 Å². The van der Waals surface area contributed by atoms with Gasteiger partial charge in [0.25, 0.3) is 0 Å². The number of carbonyl (C=O) groups is 2. The third-order valence-corrected chi connectivity index (χ3v) is 2.78.